The fourth-order valence-corrected chi connectivity index (χ4v) is 7.52. The van der Waals surface area contributed by atoms with Gasteiger partial charge >= 0.3 is 0 Å². The molecule has 2 atom stereocenters. The van der Waals surface area contributed by atoms with Crippen molar-refractivity contribution in [1.29, 1.82) is 0 Å². The highest BCUT2D eigenvalue weighted by atomic mass is 32.2. The van der Waals surface area contributed by atoms with Gasteiger partial charge in [0.05, 0.1) is 16.3 Å². The Morgan fingerprint density at radius 2 is 1.69 bits per heavy atom. The molecule has 1 saturated heterocycles. The van der Waals surface area contributed by atoms with Crippen LogP contribution in [0.15, 0.2) is 71.8 Å². The van der Waals surface area contributed by atoms with E-state index in [1.54, 1.807) is 30.2 Å². The average Bonchev–Trinajstić information content (AvgIpc) is 3.33. The third-order valence-corrected chi connectivity index (χ3v) is 10.5. The highest BCUT2D eigenvalue weighted by Crippen LogP contribution is 2.32. The van der Waals surface area contributed by atoms with Crippen LogP contribution in [0.5, 0.6) is 0 Å². The average molecular weight is 589 g/mol. The van der Waals surface area contributed by atoms with Crippen molar-refractivity contribution in [3.8, 4) is 0 Å². The monoisotopic (exact) mass is 588 g/mol. The number of amides is 2. The number of rotatable bonds is 6. The van der Waals surface area contributed by atoms with Crippen molar-refractivity contribution in [2.45, 2.75) is 76.5 Å². The maximum absolute atomic E-state index is 13.9. The molecule has 2 bridgehead atoms. The zero-order valence-corrected chi connectivity index (χ0v) is 25.5. The van der Waals surface area contributed by atoms with Crippen molar-refractivity contribution >= 4 is 27.3 Å². The number of nitrogens with zero attached hydrogens (tertiary/aromatic N) is 4. The summed E-state index contributed by atoms with van der Waals surface area (Å²) in [5, 5.41) is 0. The number of aromatic nitrogens is 1. The van der Waals surface area contributed by atoms with Gasteiger partial charge in [-0.2, -0.15) is 0 Å². The van der Waals surface area contributed by atoms with Crippen molar-refractivity contribution in [2.24, 2.45) is 0 Å². The SMILES string of the molecule is CC(=O)N1CC[C@@H]2CC[C@H](CN(C(=O)CCS(=O)(=O)c3ccc(C)c(C)c3)Cc3ccccc31)N2Cc1ccccn1. The number of hydrogen-bond acceptors (Lipinski definition) is 6. The minimum absolute atomic E-state index is 0.0371. The molecule has 2 aliphatic heterocycles. The predicted octanol–water partition coefficient (Wildman–Crippen LogP) is 4.68. The van der Waals surface area contributed by atoms with Crippen molar-refractivity contribution in [3.05, 3.63) is 89.2 Å². The molecule has 2 aliphatic rings. The minimum atomic E-state index is -3.63. The van der Waals surface area contributed by atoms with Crippen LogP contribution in [-0.4, -0.2) is 65.9 Å². The molecular formula is C33H40N4O4S. The molecule has 5 rings (SSSR count). The van der Waals surface area contributed by atoms with Crippen LogP contribution in [0.1, 0.15) is 55.0 Å². The first-order valence-corrected chi connectivity index (χ1v) is 16.4. The van der Waals surface area contributed by atoms with Gasteiger partial charge in [-0.15, -0.1) is 0 Å². The lowest BCUT2D eigenvalue weighted by molar-refractivity contribution is -0.132. The van der Waals surface area contributed by atoms with Crippen LogP contribution in [0, 0.1) is 13.8 Å². The van der Waals surface area contributed by atoms with Crippen molar-refractivity contribution < 1.29 is 18.0 Å². The summed E-state index contributed by atoms with van der Waals surface area (Å²) in [5.41, 5.74) is 4.59. The maximum Gasteiger partial charge on any atom is 0.223 e. The Hall–Kier alpha value is -3.56. The van der Waals surface area contributed by atoms with Crippen molar-refractivity contribution in [2.75, 3.05) is 23.7 Å². The van der Waals surface area contributed by atoms with Crippen molar-refractivity contribution in [1.82, 2.24) is 14.8 Å². The Balaban J connectivity index is 1.44. The number of anilines is 1. The first-order valence-electron chi connectivity index (χ1n) is 14.7. The van der Waals surface area contributed by atoms with Crippen molar-refractivity contribution in [3.63, 3.8) is 0 Å². The molecule has 0 radical (unpaired) electrons. The highest BCUT2D eigenvalue weighted by molar-refractivity contribution is 7.91. The summed E-state index contributed by atoms with van der Waals surface area (Å²) in [6, 6.07) is 19.1. The third kappa shape index (κ3) is 6.73. The number of carbonyl (C=O) groups excluding carboxylic acids is 2. The molecule has 0 aliphatic carbocycles. The van der Waals surface area contributed by atoms with E-state index in [0.29, 0.717) is 26.2 Å². The molecule has 1 fully saturated rings. The van der Waals surface area contributed by atoms with Crippen LogP contribution in [0.25, 0.3) is 0 Å². The van der Waals surface area contributed by atoms with Crippen LogP contribution in [0.4, 0.5) is 5.69 Å². The van der Waals surface area contributed by atoms with Gasteiger partial charge in [0.1, 0.15) is 0 Å². The summed E-state index contributed by atoms with van der Waals surface area (Å²) in [4.78, 5) is 37.6. The number of para-hydroxylation sites is 1. The van der Waals surface area contributed by atoms with Gasteiger partial charge in [-0.1, -0.05) is 30.3 Å². The van der Waals surface area contributed by atoms with E-state index >= 15 is 0 Å². The predicted molar refractivity (Wildman–Crippen MR) is 164 cm³/mol. The number of benzene rings is 2. The molecule has 222 valence electrons. The molecule has 42 heavy (non-hydrogen) atoms. The van der Waals surface area contributed by atoms with Gasteiger partial charge in [0, 0.05) is 63.5 Å². The molecule has 3 aromatic rings. The smallest absolute Gasteiger partial charge is 0.223 e. The summed E-state index contributed by atoms with van der Waals surface area (Å²) in [6.07, 6.45) is 4.39. The molecule has 2 amide bonds. The molecule has 0 N–H and O–H groups in total. The lowest BCUT2D eigenvalue weighted by Crippen LogP contribution is -2.45. The van der Waals surface area contributed by atoms with E-state index in [2.05, 4.69) is 9.88 Å². The summed E-state index contributed by atoms with van der Waals surface area (Å²) < 4.78 is 26.4. The second-order valence-electron chi connectivity index (χ2n) is 11.6. The lowest BCUT2D eigenvalue weighted by Gasteiger charge is -2.33. The standard InChI is InChI=1S/C33H40N4O4S/c1-24-11-14-31(20-25(24)2)42(40,41)19-16-33(39)35-21-27-8-4-5-10-32(27)36(26(3)38)18-15-29-12-13-30(23-35)37(29)22-28-9-6-7-17-34-28/h4-11,14,17,20,29-30H,12-13,15-16,18-19,21-23H2,1-3H3/t29-,30+/m0/s1. The fourth-order valence-electron chi connectivity index (χ4n) is 6.21. The summed E-state index contributed by atoms with van der Waals surface area (Å²) in [6.45, 7) is 7.46. The lowest BCUT2D eigenvalue weighted by atomic mass is 10.1. The molecule has 0 spiro atoms. The topological polar surface area (TPSA) is 90.9 Å². The van der Waals surface area contributed by atoms with Gasteiger partial charge in [0.25, 0.3) is 0 Å². The van der Waals surface area contributed by atoms with Crippen LogP contribution in [-0.2, 0) is 32.5 Å². The van der Waals surface area contributed by atoms with Gasteiger partial charge in [0.15, 0.2) is 9.84 Å². The normalized spacial score (nSPS) is 19.7. The van der Waals surface area contributed by atoms with Gasteiger partial charge < -0.3 is 9.80 Å². The Morgan fingerprint density at radius 3 is 2.43 bits per heavy atom. The Morgan fingerprint density at radius 1 is 0.929 bits per heavy atom. The maximum atomic E-state index is 13.9. The zero-order chi connectivity index (χ0) is 29.9. The summed E-state index contributed by atoms with van der Waals surface area (Å²) >= 11 is 0. The fraction of sp³-hybridized carbons (Fsp3) is 0.424. The zero-order valence-electron chi connectivity index (χ0n) is 24.7. The van der Waals surface area contributed by atoms with Gasteiger partial charge in [0.2, 0.25) is 11.8 Å². The van der Waals surface area contributed by atoms with Crippen LogP contribution >= 0.6 is 0 Å². The molecule has 8 nitrogen and oxygen atoms in total. The summed E-state index contributed by atoms with van der Waals surface area (Å²) in [5.74, 6) is -0.492. The Kier molecular flexibility index (Phi) is 9.08. The second kappa shape index (κ2) is 12.8. The second-order valence-corrected chi connectivity index (χ2v) is 13.7. The molecule has 2 aromatic carbocycles. The number of sulfone groups is 1. The molecule has 9 heteroatoms. The van der Waals surface area contributed by atoms with Crippen LogP contribution in [0.2, 0.25) is 0 Å². The number of aryl methyl sites for hydroxylation is 2. The van der Waals surface area contributed by atoms with E-state index in [9.17, 15) is 18.0 Å². The number of pyridine rings is 1. The number of hydrogen-bond donors (Lipinski definition) is 0. The highest BCUT2D eigenvalue weighted by Gasteiger charge is 2.37. The van der Waals surface area contributed by atoms with E-state index in [4.69, 9.17) is 0 Å². The number of fused-ring (bicyclic) bond motifs is 3. The number of carbonyl (C=O) groups is 2. The van der Waals surface area contributed by atoms with E-state index in [1.165, 1.54) is 0 Å². The van der Waals surface area contributed by atoms with E-state index in [1.807, 2.05) is 67.3 Å². The van der Waals surface area contributed by atoms with E-state index in [0.717, 1.165) is 47.3 Å². The van der Waals surface area contributed by atoms with Crippen LogP contribution in [0.3, 0.4) is 0 Å². The largest absolute Gasteiger partial charge is 0.337 e. The molecule has 0 saturated carbocycles. The molecule has 0 unspecified atom stereocenters. The van der Waals surface area contributed by atoms with Gasteiger partial charge in [-0.05, 0) is 80.1 Å². The molecular weight excluding hydrogens is 548 g/mol. The Labute approximate surface area is 249 Å². The third-order valence-electron chi connectivity index (χ3n) is 8.76. The first kappa shape index (κ1) is 29.9. The first-order chi connectivity index (χ1) is 20.1. The van der Waals surface area contributed by atoms with E-state index in [-0.39, 0.29) is 41.0 Å². The van der Waals surface area contributed by atoms with E-state index < -0.39 is 9.84 Å². The molecule has 3 heterocycles. The van der Waals surface area contributed by atoms with Crippen LogP contribution < -0.4 is 4.90 Å². The van der Waals surface area contributed by atoms with Gasteiger partial charge in [-0.25, -0.2) is 8.42 Å². The minimum Gasteiger partial charge on any atom is -0.337 e. The Bertz CT molecular complexity index is 1540. The summed E-state index contributed by atoms with van der Waals surface area (Å²) in [7, 11) is -3.63. The quantitative estimate of drug-likeness (QED) is 0.415. The molecule has 1 aromatic heterocycles. The van der Waals surface area contributed by atoms with Gasteiger partial charge in [-0.3, -0.25) is 19.5 Å².